The van der Waals surface area contributed by atoms with Gasteiger partial charge in [-0.15, -0.1) is 0 Å². The summed E-state index contributed by atoms with van der Waals surface area (Å²) in [6.45, 7) is 19.5. The van der Waals surface area contributed by atoms with Crippen LogP contribution in [0.4, 0.5) is 0 Å². The second-order valence-corrected chi connectivity index (χ2v) is 11.1. The molecule has 0 amide bonds. The number of unbranched alkanes of at least 4 members (excludes halogenated alkanes) is 3. The molecule has 0 saturated carbocycles. The Hall–Kier alpha value is 0. The fraction of sp³-hybridized carbons (Fsp3) is 1.00. The minimum absolute atomic E-state index is 0.906. The van der Waals surface area contributed by atoms with E-state index in [-0.39, 0.29) is 0 Å². The molecular formula is C28H58. The van der Waals surface area contributed by atoms with Gasteiger partial charge >= 0.3 is 0 Å². The summed E-state index contributed by atoms with van der Waals surface area (Å²) >= 11 is 0. The molecule has 0 bridgehead atoms. The van der Waals surface area contributed by atoms with Crippen LogP contribution < -0.4 is 0 Å². The Morgan fingerprint density at radius 2 is 0.714 bits per heavy atom. The van der Waals surface area contributed by atoms with Gasteiger partial charge in [-0.1, -0.05) is 120 Å². The zero-order valence-corrected chi connectivity index (χ0v) is 21.4. The SMILES string of the molecule is CCCC[C@@H](C)C[C@@H](C)CCCCC[C@@H](C)C[C@H](C)C[C@H](C)C[C@@H](C)CCC. The molecule has 0 saturated heterocycles. The molecule has 0 aromatic heterocycles. The first-order valence-electron chi connectivity index (χ1n) is 13.3. The Morgan fingerprint density at radius 3 is 1.14 bits per heavy atom. The molecular weight excluding hydrogens is 336 g/mol. The molecule has 0 rings (SSSR count). The van der Waals surface area contributed by atoms with Crippen molar-refractivity contribution >= 4 is 0 Å². The van der Waals surface area contributed by atoms with Gasteiger partial charge in [0.05, 0.1) is 0 Å². The molecule has 0 radical (unpaired) electrons. The van der Waals surface area contributed by atoms with E-state index in [1.807, 2.05) is 0 Å². The maximum absolute atomic E-state index is 2.50. The third kappa shape index (κ3) is 16.9. The van der Waals surface area contributed by atoms with Crippen LogP contribution >= 0.6 is 0 Å². The second kappa shape index (κ2) is 17.8. The van der Waals surface area contributed by atoms with E-state index in [1.165, 1.54) is 89.9 Å². The summed E-state index contributed by atoms with van der Waals surface area (Å²) in [6, 6.07) is 0. The summed E-state index contributed by atoms with van der Waals surface area (Å²) < 4.78 is 0. The quantitative estimate of drug-likeness (QED) is 0.191. The molecule has 170 valence electrons. The minimum Gasteiger partial charge on any atom is -0.0654 e. The predicted octanol–water partition coefficient (Wildman–Crippen LogP) is 10.3. The van der Waals surface area contributed by atoms with Crippen molar-refractivity contribution in [2.24, 2.45) is 35.5 Å². The second-order valence-electron chi connectivity index (χ2n) is 11.1. The van der Waals surface area contributed by atoms with Crippen molar-refractivity contribution < 1.29 is 0 Å². The maximum atomic E-state index is 2.50. The Morgan fingerprint density at radius 1 is 0.357 bits per heavy atom. The highest BCUT2D eigenvalue weighted by Crippen LogP contribution is 2.28. The summed E-state index contributed by atoms with van der Waals surface area (Å²) in [5.74, 6) is 5.52. The lowest BCUT2D eigenvalue weighted by Crippen LogP contribution is -2.10. The molecule has 0 aliphatic rings. The first-order valence-corrected chi connectivity index (χ1v) is 13.3. The highest BCUT2D eigenvalue weighted by atomic mass is 14.2. The first-order chi connectivity index (χ1) is 13.3. The summed E-state index contributed by atoms with van der Waals surface area (Å²) in [5, 5.41) is 0. The van der Waals surface area contributed by atoms with Crippen LogP contribution in [0.15, 0.2) is 0 Å². The molecule has 0 aliphatic carbocycles. The zero-order chi connectivity index (χ0) is 21.4. The monoisotopic (exact) mass is 394 g/mol. The van der Waals surface area contributed by atoms with E-state index in [0.717, 1.165) is 35.5 Å². The van der Waals surface area contributed by atoms with E-state index in [1.54, 1.807) is 0 Å². The van der Waals surface area contributed by atoms with Crippen LogP contribution in [-0.2, 0) is 0 Å². The summed E-state index contributed by atoms with van der Waals surface area (Å²) in [6.07, 6.45) is 20.0. The Labute approximate surface area is 181 Å². The van der Waals surface area contributed by atoms with Crippen molar-refractivity contribution in [3.8, 4) is 0 Å². The van der Waals surface area contributed by atoms with Crippen molar-refractivity contribution in [2.75, 3.05) is 0 Å². The fourth-order valence-corrected chi connectivity index (χ4v) is 5.62. The lowest BCUT2D eigenvalue weighted by atomic mass is 9.83. The molecule has 0 aliphatic heterocycles. The molecule has 0 nitrogen and oxygen atoms in total. The van der Waals surface area contributed by atoms with Gasteiger partial charge in [0.15, 0.2) is 0 Å². The molecule has 0 aromatic carbocycles. The molecule has 0 N–H and O–H groups in total. The van der Waals surface area contributed by atoms with Gasteiger partial charge in [-0.05, 0) is 61.2 Å². The minimum atomic E-state index is 0.906. The summed E-state index contributed by atoms with van der Waals surface area (Å²) in [5.41, 5.74) is 0. The van der Waals surface area contributed by atoms with Gasteiger partial charge in [0.1, 0.15) is 0 Å². The van der Waals surface area contributed by atoms with E-state index in [9.17, 15) is 0 Å². The summed E-state index contributed by atoms with van der Waals surface area (Å²) in [7, 11) is 0. The van der Waals surface area contributed by atoms with E-state index in [4.69, 9.17) is 0 Å². The highest BCUT2D eigenvalue weighted by Gasteiger charge is 2.15. The van der Waals surface area contributed by atoms with Crippen molar-refractivity contribution in [1.29, 1.82) is 0 Å². The van der Waals surface area contributed by atoms with Gasteiger partial charge in [0.25, 0.3) is 0 Å². The zero-order valence-electron chi connectivity index (χ0n) is 21.4. The Balaban J connectivity index is 3.73. The molecule has 6 atom stereocenters. The average molecular weight is 395 g/mol. The molecule has 0 heteroatoms. The van der Waals surface area contributed by atoms with Gasteiger partial charge in [-0.3, -0.25) is 0 Å². The maximum Gasteiger partial charge on any atom is -0.0438 e. The van der Waals surface area contributed by atoms with Crippen LogP contribution in [0, 0.1) is 35.5 Å². The lowest BCUT2D eigenvalue weighted by Gasteiger charge is -2.23. The lowest BCUT2D eigenvalue weighted by molar-refractivity contribution is 0.292. The van der Waals surface area contributed by atoms with Crippen molar-refractivity contribution in [3.63, 3.8) is 0 Å². The van der Waals surface area contributed by atoms with E-state index in [0.29, 0.717) is 0 Å². The van der Waals surface area contributed by atoms with Crippen molar-refractivity contribution in [3.05, 3.63) is 0 Å². The van der Waals surface area contributed by atoms with Crippen LogP contribution in [0.1, 0.15) is 145 Å². The highest BCUT2D eigenvalue weighted by molar-refractivity contribution is 4.67. The van der Waals surface area contributed by atoms with Crippen molar-refractivity contribution in [1.82, 2.24) is 0 Å². The number of hydrogen-bond acceptors (Lipinski definition) is 0. The van der Waals surface area contributed by atoms with Gasteiger partial charge in [-0.2, -0.15) is 0 Å². The topological polar surface area (TPSA) is 0 Å². The largest absolute Gasteiger partial charge is 0.0654 e. The molecule has 0 aromatic rings. The predicted molar refractivity (Wildman–Crippen MR) is 131 cm³/mol. The van der Waals surface area contributed by atoms with E-state index < -0.39 is 0 Å². The smallest absolute Gasteiger partial charge is 0.0438 e. The normalized spacial score (nSPS) is 18.4. The van der Waals surface area contributed by atoms with Crippen LogP contribution in [0.5, 0.6) is 0 Å². The molecule has 0 heterocycles. The van der Waals surface area contributed by atoms with Crippen LogP contribution in [-0.4, -0.2) is 0 Å². The van der Waals surface area contributed by atoms with Crippen LogP contribution in [0.25, 0.3) is 0 Å². The van der Waals surface area contributed by atoms with Gasteiger partial charge in [0.2, 0.25) is 0 Å². The van der Waals surface area contributed by atoms with Gasteiger partial charge < -0.3 is 0 Å². The standard InChI is InChI=1S/C28H58/c1-9-11-16-24(4)19-25(5)17-13-12-14-18-26(6)21-28(8)22-27(7)20-23(3)15-10-2/h23-28H,9-22H2,1-8H3/t23-,24+,25-,26+,27+,28-/m0/s1. The Kier molecular flexibility index (Phi) is 17.8. The Bertz CT molecular complexity index is 320. The average Bonchev–Trinajstić information content (AvgIpc) is 2.59. The van der Waals surface area contributed by atoms with Gasteiger partial charge in [-0.25, -0.2) is 0 Å². The molecule has 0 unspecified atom stereocenters. The first kappa shape index (κ1) is 28.0. The summed E-state index contributed by atoms with van der Waals surface area (Å²) in [4.78, 5) is 0. The third-order valence-electron chi connectivity index (χ3n) is 6.94. The molecule has 0 spiro atoms. The van der Waals surface area contributed by atoms with Crippen molar-refractivity contribution in [2.45, 2.75) is 145 Å². The van der Waals surface area contributed by atoms with Gasteiger partial charge in [0, 0.05) is 0 Å². The number of hydrogen-bond donors (Lipinski definition) is 0. The van der Waals surface area contributed by atoms with E-state index >= 15 is 0 Å². The van der Waals surface area contributed by atoms with E-state index in [2.05, 4.69) is 55.4 Å². The molecule has 28 heavy (non-hydrogen) atoms. The fourth-order valence-electron chi connectivity index (χ4n) is 5.62. The van der Waals surface area contributed by atoms with Crippen LogP contribution in [0.2, 0.25) is 0 Å². The third-order valence-corrected chi connectivity index (χ3v) is 6.94. The molecule has 0 fully saturated rings. The van der Waals surface area contributed by atoms with Crippen LogP contribution in [0.3, 0.4) is 0 Å². The number of rotatable bonds is 19.